The maximum atomic E-state index is 11.3. The van der Waals surface area contributed by atoms with Crippen LogP contribution in [-0.2, 0) is 14.1 Å². The Hall–Kier alpha value is -1.30. The second-order valence-corrected chi connectivity index (χ2v) is 4.60. The van der Waals surface area contributed by atoms with E-state index in [4.69, 9.17) is 5.21 Å². The number of hydrogen-bond donors (Lipinski definition) is 2. The largest absolute Gasteiger partial charge is 1.00 e. The normalized spacial score (nSPS) is 9.12. The van der Waals surface area contributed by atoms with Gasteiger partial charge in [-0.2, -0.15) is 0 Å². The predicted octanol–water partition coefficient (Wildman–Crippen LogP) is -5.41. The van der Waals surface area contributed by atoms with E-state index in [1.54, 1.807) is 12.3 Å². The average Bonchev–Trinajstić information content (AvgIpc) is 2.51. The van der Waals surface area contributed by atoms with Crippen molar-refractivity contribution >= 4 is 12.1 Å². The Morgan fingerprint density at radius 1 is 1.21 bits per heavy atom. The van der Waals surface area contributed by atoms with Gasteiger partial charge in [-0.1, -0.05) is 5.16 Å². The van der Waals surface area contributed by atoms with E-state index in [1.165, 1.54) is 6.21 Å². The summed E-state index contributed by atoms with van der Waals surface area (Å²) in [7, 11) is 3.78. The fourth-order valence-corrected chi connectivity index (χ4v) is 1.71. The molecule has 2 aromatic heterocycles. The van der Waals surface area contributed by atoms with Crippen LogP contribution in [0, 0.1) is 0 Å². The molecule has 2 aromatic rings. The van der Waals surface area contributed by atoms with E-state index >= 15 is 0 Å². The molecule has 0 radical (unpaired) electrons. The van der Waals surface area contributed by atoms with Gasteiger partial charge >= 0.3 is 0 Å². The van der Waals surface area contributed by atoms with E-state index in [0.717, 1.165) is 5.69 Å². The SMILES string of the molecule is CCNC(=O)c1ccc[n+](C)c1.C[n+]1ccccc1C=NO.[I-].[I-]. The first-order valence-electron chi connectivity index (χ1n) is 6.94. The van der Waals surface area contributed by atoms with Crippen molar-refractivity contribution in [1.82, 2.24) is 5.32 Å². The molecule has 0 aliphatic heterocycles. The van der Waals surface area contributed by atoms with Crippen molar-refractivity contribution in [2.45, 2.75) is 6.92 Å². The van der Waals surface area contributed by atoms with Crippen molar-refractivity contribution in [3.8, 4) is 0 Å². The highest BCUT2D eigenvalue weighted by Crippen LogP contribution is 1.92. The van der Waals surface area contributed by atoms with Gasteiger partial charge in [0.1, 0.15) is 25.9 Å². The first kappa shape index (κ1) is 24.9. The first-order valence-corrected chi connectivity index (χ1v) is 6.94. The van der Waals surface area contributed by atoms with E-state index in [9.17, 15) is 4.79 Å². The molecule has 0 saturated carbocycles. The Kier molecular flexibility index (Phi) is 14.6. The number of nitrogens with one attached hydrogen (secondary N) is 1. The molecule has 2 N–H and O–H groups in total. The number of pyridine rings is 2. The van der Waals surface area contributed by atoms with Crippen molar-refractivity contribution in [3.63, 3.8) is 0 Å². The minimum atomic E-state index is -0.0197. The highest BCUT2D eigenvalue weighted by molar-refractivity contribution is 5.93. The third-order valence-corrected chi connectivity index (χ3v) is 2.82. The number of oxime groups is 1. The summed E-state index contributed by atoms with van der Waals surface area (Å²) in [5.74, 6) is -0.0197. The Labute approximate surface area is 176 Å². The summed E-state index contributed by atoms with van der Waals surface area (Å²) in [5.41, 5.74) is 1.56. The summed E-state index contributed by atoms with van der Waals surface area (Å²) in [5, 5.41) is 13.9. The van der Waals surface area contributed by atoms with Gasteiger partial charge in [-0.05, 0) is 19.1 Å². The molecular formula is C16H22I2N4O2. The van der Waals surface area contributed by atoms with Crippen molar-refractivity contribution in [2.24, 2.45) is 19.3 Å². The molecule has 1 amide bonds. The van der Waals surface area contributed by atoms with Crippen LogP contribution in [0.25, 0.3) is 0 Å². The maximum Gasteiger partial charge on any atom is 0.257 e. The molecule has 0 bridgehead atoms. The number of aryl methyl sites for hydroxylation is 2. The van der Waals surface area contributed by atoms with Crippen LogP contribution in [-0.4, -0.2) is 23.9 Å². The van der Waals surface area contributed by atoms with Crippen LogP contribution in [0.1, 0.15) is 23.0 Å². The number of carbonyl (C=O) groups is 1. The van der Waals surface area contributed by atoms with Gasteiger partial charge < -0.3 is 58.5 Å². The van der Waals surface area contributed by atoms with E-state index in [1.807, 2.05) is 66.8 Å². The lowest BCUT2D eigenvalue weighted by molar-refractivity contribution is -0.672. The Morgan fingerprint density at radius 2 is 1.92 bits per heavy atom. The first-order chi connectivity index (χ1) is 10.6. The average molecular weight is 556 g/mol. The van der Waals surface area contributed by atoms with Gasteiger partial charge in [-0.15, -0.1) is 0 Å². The zero-order chi connectivity index (χ0) is 16.4. The van der Waals surface area contributed by atoms with E-state index in [0.29, 0.717) is 12.1 Å². The summed E-state index contributed by atoms with van der Waals surface area (Å²) in [6.07, 6.45) is 6.96. The number of amides is 1. The van der Waals surface area contributed by atoms with E-state index < -0.39 is 0 Å². The molecule has 8 heteroatoms. The molecule has 0 saturated heterocycles. The zero-order valence-corrected chi connectivity index (χ0v) is 18.2. The van der Waals surface area contributed by atoms with E-state index in [-0.39, 0.29) is 53.9 Å². The number of hydrogen-bond acceptors (Lipinski definition) is 3. The molecule has 24 heavy (non-hydrogen) atoms. The van der Waals surface area contributed by atoms with Crippen LogP contribution >= 0.6 is 0 Å². The van der Waals surface area contributed by atoms with Crippen molar-refractivity contribution in [2.75, 3.05) is 6.54 Å². The minimum Gasteiger partial charge on any atom is -1.00 e. The molecule has 0 atom stereocenters. The predicted molar refractivity (Wildman–Crippen MR) is 82.6 cm³/mol. The summed E-state index contributed by atoms with van der Waals surface area (Å²) in [6.45, 7) is 2.57. The Bertz CT molecular complexity index is 651. The monoisotopic (exact) mass is 556 g/mol. The number of carbonyl (C=O) groups excluding carboxylic acids is 1. The lowest BCUT2D eigenvalue weighted by Gasteiger charge is -1.98. The molecule has 0 spiro atoms. The molecule has 132 valence electrons. The smallest absolute Gasteiger partial charge is 0.257 e. The summed E-state index contributed by atoms with van der Waals surface area (Å²) < 4.78 is 3.71. The van der Waals surface area contributed by atoms with Crippen molar-refractivity contribution in [3.05, 3.63) is 60.2 Å². The van der Waals surface area contributed by atoms with Crippen LogP contribution in [0.5, 0.6) is 0 Å². The van der Waals surface area contributed by atoms with Crippen LogP contribution in [0.15, 0.2) is 54.1 Å². The van der Waals surface area contributed by atoms with E-state index in [2.05, 4.69) is 10.5 Å². The van der Waals surface area contributed by atoms with Crippen molar-refractivity contribution < 1.29 is 67.1 Å². The topological polar surface area (TPSA) is 69.5 Å². The van der Waals surface area contributed by atoms with Gasteiger partial charge in [-0.25, -0.2) is 9.13 Å². The maximum absolute atomic E-state index is 11.3. The number of halogens is 2. The fourth-order valence-electron chi connectivity index (χ4n) is 1.71. The molecule has 0 unspecified atom stereocenters. The summed E-state index contributed by atoms with van der Waals surface area (Å²) in [4.78, 5) is 11.3. The lowest BCUT2D eigenvalue weighted by atomic mass is 10.2. The highest BCUT2D eigenvalue weighted by Gasteiger charge is 2.06. The second-order valence-electron chi connectivity index (χ2n) is 4.60. The van der Waals surface area contributed by atoms with Crippen LogP contribution in [0.3, 0.4) is 0 Å². The number of aromatic nitrogens is 2. The number of rotatable bonds is 3. The highest BCUT2D eigenvalue weighted by atomic mass is 127. The standard InChI is InChI=1S/C9H12N2O.C7H8N2O.2HI/c1-3-10-9(12)8-5-4-6-11(2)7-8;1-9-5-3-2-4-7(9)6-8-10;;/h4-7H,3H2,1-2H3;2-6H,1H3;2*1H. The molecule has 0 aliphatic carbocycles. The van der Waals surface area contributed by atoms with Gasteiger partial charge in [0.05, 0.1) is 0 Å². The third kappa shape index (κ3) is 9.11. The van der Waals surface area contributed by atoms with Gasteiger partial charge in [0, 0.05) is 24.7 Å². The van der Waals surface area contributed by atoms with Crippen LogP contribution in [0.4, 0.5) is 0 Å². The van der Waals surface area contributed by atoms with Crippen molar-refractivity contribution in [1.29, 1.82) is 0 Å². The van der Waals surface area contributed by atoms with Gasteiger partial charge in [0.2, 0.25) is 5.69 Å². The molecule has 0 aliphatic rings. The molecule has 0 fully saturated rings. The Balaban J connectivity index is 0. The third-order valence-electron chi connectivity index (χ3n) is 2.82. The molecule has 2 rings (SSSR count). The summed E-state index contributed by atoms with van der Waals surface area (Å²) in [6, 6.07) is 9.31. The molecule has 0 aromatic carbocycles. The Morgan fingerprint density at radius 3 is 2.46 bits per heavy atom. The van der Waals surface area contributed by atoms with Crippen LogP contribution in [0.2, 0.25) is 0 Å². The minimum absolute atomic E-state index is 0. The summed E-state index contributed by atoms with van der Waals surface area (Å²) >= 11 is 0. The molecular weight excluding hydrogens is 534 g/mol. The fraction of sp³-hybridized carbons (Fsp3) is 0.250. The second kappa shape index (κ2) is 14.1. The molecule has 2 heterocycles. The molecule has 6 nitrogen and oxygen atoms in total. The zero-order valence-electron chi connectivity index (χ0n) is 13.9. The van der Waals surface area contributed by atoms with Gasteiger partial charge in [0.15, 0.2) is 18.6 Å². The lowest BCUT2D eigenvalue weighted by Crippen LogP contribution is -3.00. The van der Waals surface area contributed by atoms with Gasteiger partial charge in [-0.3, -0.25) is 4.79 Å². The number of nitrogens with zero attached hydrogens (tertiary/aromatic N) is 3. The quantitative estimate of drug-likeness (QED) is 0.131. The van der Waals surface area contributed by atoms with Gasteiger partial charge in [0.25, 0.3) is 5.91 Å². The van der Waals surface area contributed by atoms with Crippen LogP contribution < -0.4 is 62.4 Å².